The van der Waals surface area contributed by atoms with Crippen LogP contribution < -0.4 is 16.8 Å². The minimum atomic E-state index is -0.475. The lowest BCUT2D eigenvalue weighted by Gasteiger charge is -2.08. The molecule has 1 heterocycles. The van der Waals surface area contributed by atoms with Crippen molar-refractivity contribution in [1.82, 2.24) is 9.97 Å². The summed E-state index contributed by atoms with van der Waals surface area (Å²) in [5.74, 6) is 1.94. The quantitative estimate of drug-likeness (QED) is 0.580. The van der Waals surface area contributed by atoms with Gasteiger partial charge in [-0.1, -0.05) is 0 Å². The van der Waals surface area contributed by atoms with Crippen molar-refractivity contribution in [2.75, 3.05) is 30.8 Å². The van der Waals surface area contributed by atoms with Crippen molar-refractivity contribution in [1.29, 1.82) is 0 Å². The van der Waals surface area contributed by atoms with Crippen molar-refractivity contribution in [3.05, 3.63) is 11.9 Å². The van der Waals surface area contributed by atoms with Crippen molar-refractivity contribution >= 4 is 17.5 Å². The molecule has 1 aliphatic rings. The Labute approximate surface area is 105 Å². The second-order valence-electron chi connectivity index (χ2n) is 4.26. The summed E-state index contributed by atoms with van der Waals surface area (Å²) in [7, 11) is 0. The Morgan fingerprint density at radius 2 is 2.28 bits per heavy atom. The highest BCUT2D eigenvalue weighted by Gasteiger charge is 2.27. The molecule has 7 nitrogen and oxygen atoms in total. The van der Waals surface area contributed by atoms with Gasteiger partial charge in [-0.2, -0.15) is 0 Å². The van der Waals surface area contributed by atoms with Crippen LogP contribution in [0.25, 0.3) is 0 Å². The highest BCUT2D eigenvalue weighted by molar-refractivity contribution is 5.74. The number of ether oxygens (including phenoxy) is 1. The summed E-state index contributed by atoms with van der Waals surface area (Å²) in [5, 5.41) is 3.07. The second kappa shape index (κ2) is 5.63. The Bertz CT molecular complexity index is 433. The minimum Gasteiger partial charge on any atom is -0.384 e. The van der Waals surface area contributed by atoms with Gasteiger partial charge in [0, 0.05) is 18.5 Å². The lowest BCUT2D eigenvalue weighted by molar-refractivity contribution is -0.122. The van der Waals surface area contributed by atoms with Crippen LogP contribution in [0, 0.1) is 0 Å². The van der Waals surface area contributed by atoms with E-state index >= 15 is 0 Å². The largest absolute Gasteiger partial charge is 0.384 e. The number of anilines is 2. The molecule has 0 spiro atoms. The Morgan fingerprint density at radius 3 is 2.94 bits per heavy atom. The fourth-order valence-electron chi connectivity index (χ4n) is 1.52. The first-order valence-electron chi connectivity index (χ1n) is 5.89. The molecule has 0 atom stereocenters. The van der Waals surface area contributed by atoms with Crippen LogP contribution in [0.5, 0.6) is 0 Å². The number of primary amides is 1. The van der Waals surface area contributed by atoms with Gasteiger partial charge in [-0.15, -0.1) is 0 Å². The monoisotopic (exact) mass is 251 g/mol. The number of carbonyl (C=O) groups is 1. The zero-order valence-corrected chi connectivity index (χ0v) is 10.1. The highest BCUT2D eigenvalue weighted by Crippen LogP contribution is 2.38. The summed E-state index contributed by atoms with van der Waals surface area (Å²) in [6, 6.07) is 1.68. The molecule has 98 valence electrons. The van der Waals surface area contributed by atoms with Crippen molar-refractivity contribution in [3.8, 4) is 0 Å². The van der Waals surface area contributed by atoms with E-state index in [4.69, 9.17) is 16.2 Å². The molecule has 1 aliphatic carbocycles. The van der Waals surface area contributed by atoms with Gasteiger partial charge in [-0.3, -0.25) is 4.79 Å². The number of carbonyl (C=O) groups excluding carboxylic acids is 1. The van der Waals surface area contributed by atoms with Gasteiger partial charge in [0.25, 0.3) is 0 Å². The van der Waals surface area contributed by atoms with Crippen molar-refractivity contribution in [2.24, 2.45) is 5.73 Å². The van der Waals surface area contributed by atoms with Crippen LogP contribution in [0.1, 0.15) is 24.6 Å². The second-order valence-corrected chi connectivity index (χ2v) is 4.26. The van der Waals surface area contributed by atoms with Crippen molar-refractivity contribution < 1.29 is 9.53 Å². The first-order valence-corrected chi connectivity index (χ1v) is 5.89. The fraction of sp³-hybridized carbons (Fsp3) is 0.545. The maximum absolute atomic E-state index is 10.4. The van der Waals surface area contributed by atoms with Gasteiger partial charge < -0.3 is 21.5 Å². The summed E-state index contributed by atoms with van der Waals surface area (Å²) < 4.78 is 5.03. The fourth-order valence-corrected chi connectivity index (χ4v) is 1.52. The third kappa shape index (κ3) is 3.85. The molecule has 0 bridgehead atoms. The summed E-state index contributed by atoms with van der Waals surface area (Å²) >= 11 is 0. The molecule has 1 saturated carbocycles. The molecule has 18 heavy (non-hydrogen) atoms. The van der Waals surface area contributed by atoms with Crippen LogP contribution in [0.3, 0.4) is 0 Å². The lowest BCUT2D eigenvalue weighted by atomic mass is 10.4. The molecule has 2 rings (SSSR count). The summed E-state index contributed by atoms with van der Waals surface area (Å²) in [4.78, 5) is 19.0. The number of aromatic nitrogens is 2. The number of nitrogens with two attached hydrogens (primary N) is 2. The Hall–Kier alpha value is -1.89. The van der Waals surface area contributed by atoms with Gasteiger partial charge in [0.2, 0.25) is 5.91 Å². The average molecular weight is 251 g/mol. The molecule has 1 amide bonds. The first kappa shape index (κ1) is 12.6. The van der Waals surface area contributed by atoms with Gasteiger partial charge in [0.15, 0.2) is 0 Å². The predicted octanol–water partition coefficient (Wildman–Crippen LogP) is -0.150. The number of nitrogen functional groups attached to an aromatic ring is 1. The van der Waals surface area contributed by atoms with Gasteiger partial charge in [0.05, 0.1) is 6.61 Å². The van der Waals surface area contributed by atoms with Crippen LogP contribution in [0.15, 0.2) is 6.07 Å². The number of hydrogen-bond donors (Lipinski definition) is 3. The number of nitrogens with zero attached hydrogens (tertiary/aromatic N) is 2. The molecule has 1 aromatic rings. The third-order valence-corrected chi connectivity index (χ3v) is 2.50. The molecule has 0 radical (unpaired) electrons. The van der Waals surface area contributed by atoms with Crippen molar-refractivity contribution in [3.63, 3.8) is 0 Å². The number of nitrogens with one attached hydrogen (secondary N) is 1. The zero-order chi connectivity index (χ0) is 13.0. The molecule has 1 fully saturated rings. The topological polar surface area (TPSA) is 116 Å². The third-order valence-electron chi connectivity index (χ3n) is 2.50. The molecular weight excluding hydrogens is 234 g/mol. The first-order chi connectivity index (χ1) is 8.65. The summed E-state index contributed by atoms with van der Waals surface area (Å²) in [6.07, 6.45) is 2.26. The van der Waals surface area contributed by atoms with E-state index in [9.17, 15) is 4.79 Å². The van der Waals surface area contributed by atoms with Gasteiger partial charge >= 0.3 is 0 Å². The zero-order valence-electron chi connectivity index (χ0n) is 10.1. The van der Waals surface area contributed by atoms with Crippen LogP contribution in [0.4, 0.5) is 11.6 Å². The molecule has 7 heteroatoms. The SMILES string of the molecule is NC(=O)COCCNc1cc(N)nc(C2CC2)n1. The van der Waals surface area contributed by atoms with Crippen LogP contribution in [0.2, 0.25) is 0 Å². The van der Waals surface area contributed by atoms with E-state index < -0.39 is 5.91 Å². The molecular formula is C11H17N5O2. The van der Waals surface area contributed by atoms with Gasteiger partial charge in [-0.05, 0) is 12.8 Å². The molecule has 0 aliphatic heterocycles. The van der Waals surface area contributed by atoms with Crippen LogP contribution in [-0.4, -0.2) is 35.6 Å². The Balaban J connectivity index is 1.79. The van der Waals surface area contributed by atoms with E-state index in [2.05, 4.69) is 15.3 Å². The number of hydrogen-bond acceptors (Lipinski definition) is 6. The van der Waals surface area contributed by atoms with Crippen LogP contribution >= 0.6 is 0 Å². The maximum atomic E-state index is 10.4. The number of amides is 1. The van der Waals surface area contributed by atoms with Crippen LogP contribution in [-0.2, 0) is 9.53 Å². The summed E-state index contributed by atoms with van der Waals surface area (Å²) in [5.41, 5.74) is 10.7. The van der Waals surface area contributed by atoms with Crippen molar-refractivity contribution in [2.45, 2.75) is 18.8 Å². The average Bonchev–Trinajstić information content (AvgIpc) is 3.11. The molecule has 5 N–H and O–H groups in total. The lowest BCUT2D eigenvalue weighted by Crippen LogP contribution is -2.20. The molecule has 0 saturated heterocycles. The standard InChI is InChI=1S/C11H17N5O2/c12-8-5-10(14-3-4-18-6-9(13)17)16-11(15-8)7-1-2-7/h5,7H,1-4,6H2,(H2,13,17)(H3,12,14,15,16). The molecule has 0 aromatic carbocycles. The minimum absolute atomic E-state index is 0.0685. The van der Waals surface area contributed by atoms with E-state index in [1.807, 2.05) is 0 Å². The normalized spacial score (nSPS) is 14.4. The van der Waals surface area contributed by atoms with E-state index in [0.29, 0.717) is 30.7 Å². The van der Waals surface area contributed by atoms with E-state index in [0.717, 1.165) is 18.7 Å². The Morgan fingerprint density at radius 1 is 1.50 bits per heavy atom. The smallest absolute Gasteiger partial charge is 0.243 e. The van der Waals surface area contributed by atoms with Gasteiger partial charge in [-0.25, -0.2) is 9.97 Å². The molecule has 0 unspecified atom stereocenters. The van der Waals surface area contributed by atoms with E-state index in [-0.39, 0.29) is 6.61 Å². The maximum Gasteiger partial charge on any atom is 0.243 e. The van der Waals surface area contributed by atoms with E-state index in [1.54, 1.807) is 6.07 Å². The summed E-state index contributed by atoms with van der Waals surface area (Å²) in [6.45, 7) is 0.848. The van der Waals surface area contributed by atoms with E-state index in [1.165, 1.54) is 0 Å². The molecule has 1 aromatic heterocycles. The number of rotatable bonds is 7. The predicted molar refractivity (Wildman–Crippen MR) is 66.9 cm³/mol. The highest BCUT2D eigenvalue weighted by atomic mass is 16.5. The van der Waals surface area contributed by atoms with Gasteiger partial charge in [0.1, 0.15) is 24.1 Å². The Kier molecular flexibility index (Phi) is 3.93.